The minimum absolute atomic E-state index is 0.0572. The maximum Gasteiger partial charge on any atom is 0.428 e. The van der Waals surface area contributed by atoms with E-state index in [2.05, 4.69) is 6.58 Å². The summed E-state index contributed by atoms with van der Waals surface area (Å²) < 4.78 is 94.6. The zero-order valence-electron chi connectivity index (χ0n) is 17.3. The normalized spacial score (nSPS) is 28.2. The first-order chi connectivity index (χ1) is 13.8. The molecule has 0 aromatic heterocycles. The van der Waals surface area contributed by atoms with Crippen molar-refractivity contribution in [3.8, 4) is 0 Å². The molecule has 1 N–H and O–H groups in total. The monoisotopic (exact) mass is 462 g/mol. The summed E-state index contributed by atoms with van der Waals surface area (Å²) in [6, 6.07) is 0. The molecule has 0 amide bonds. The Morgan fingerprint density at radius 3 is 2.13 bits per heavy atom. The molecule has 0 spiro atoms. The quantitative estimate of drug-likeness (QED) is 0.370. The highest BCUT2D eigenvalue weighted by Crippen LogP contribution is 2.50. The number of esters is 2. The van der Waals surface area contributed by atoms with E-state index in [0.29, 0.717) is 6.92 Å². The number of rotatable bonds is 6. The molecule has 12 heteroatoms. The van der Waals surface area contributed by atoms with Gasteiger partial charge in [0.2, 0.25) is 0 Å². The molecule has 2 bridgehead atoms. The SMILES string of the molecule is C=C(C)C(=O)OC1CC(C(C)(C)OC(C)C(O)(C(F)(F)F)C(F)(F)F)C2CC1OC2=O. The van der Waals surface area contributed by atoms with E-state index in [-0.39, 0.29) is 18.4 Å². The van der Waals surface area contributed by atoms with Crippen molar-refractivity contribution >= 4 is 11.9 Å². The van der Waals surface area contributed by atoms with Crippen LogP contribution in [0.25, 0.3) is 0 Å². The molecule has 5 unspecified atom stereocenters. The lowest BCUT2D eigenvalue weighted by Crippen LogP contribution is -2.65. The van der Waals surface area contributed by atoms with Gasteiger partial charge in [0.1, 0.15) is 18.3 Å². The molecule has 31 heavy (non-hydrogen) atoms. The number of ether oxygens (including phenoxy) is 3. The maximum absolute atomic E-state index is 13.2. The van der Waals surface area contributed by atoms with E-state index in [0.717, 1.165) is 0 Å². The van der Waals surface area contributed by atoms with Crippen molar-refractivity contribution in [3.63, 3.8) is 0 Å². The van der Waals surface area contributed by atoms with Crippen molar-refractivity contribution in [3.05, 3.63) is 12.2 Å². The lowest BCUT2D eigenvalue weighted by molar-refractivity contribution is -0.400. The minimum Gasteiger partial charge on any atom is -0.458 e. The van der Waals surface area contributed by atoms with Crippen molar-refractivity contribution in [2.24, 2.45) is 11.8 Å². The number of alkyl halides is 6. The van der Waals surface area contributed by atoms with Gasteiger partial charge < -0.3 is 19.3 Å². The number of carbonyl (C=O) groups excluding carboxylic acids is 2. The van der Waals surface area contributed by atoms with Crippen LogP contribution in [0.2, 0.25) is 0 Å². The number of aliphatic hydroxyl groups is 1. The summed E-state index contributed by atoms with van der Waals surface area (Å²) in [5.74, 6) is -3.32. The third kappa shape index (κ3) is 4.55. The molecule has 1 aliphatic heterocycles. The van der Waals surface area contributed by atoms with Crippen molar-refractivity contribution in [1.82, 2.24) is 0 Å². The van der Waals surface area contributed by atoms with Gasteiger partial charge in [-0.05, 0) is 34.1 Å². The van der Waals surface area contributed by atoms with Gasteiger partial charge in [-0.1, -0.05) is 6.58 Å². The van der Waals surface area contributed by atoms with E-state index in [1.54, 1.807) is 0 Å². The van der Waals surface area contributed by atoms with Crippen LogP contribution >= 0.6 is 0 Å². The van der Waals surface area contributed by atoms with Crippen LogP contribution in [0.5, 0.6) is 0 Å². The second-order valence-electron chi connectivity index (χ2n) is 8.51. The first-order valence-corrected chi connectivity index (χ1v) is 9.43. The Bertz CT molecular complexity index is 729. The molecule has 0 aromatic carbocycles. The summed E-state index contributed by atoms with van der Waals surface area (Å²) in [6.45, 7) is 7.70. The van der Waals surface area contributed by atoms with Crippen LogP contribution in [-0.4, -0.2) is 58.9 Å². The van der Waals surface area contributed by atoms with Crippen molar-refractivity contribution in [2.75, 3.05) is 0 Å². The predicted molar refractivity (Wildman–Crippen MR) is 92.5 cm³/mol. The fraction of sp³-hybridized carbons (Fsp3) is 0.789. The Labute approximate surface area is 174 Å². The van der Waals surface area contributed by atoms with Gasteiger partial charge in [0, 0.05) is 17.9 Å². The number of halogens is 6. The highest BCUT2D eigenvalue weighted by atomic mass is 19.4. The number of hydrogen-bond donors (Lipinski definition) is 1. The standard InChI is InChI=1S/C19H24F6O6/c1-8(2)14(26)29-13-7-11(10-6-12(13)30-15(10)27)16(4,5)31-9(3)17(28,18(20,21)22)19(23,24)25/h9-13,28H,1,6-7H2,2-5H3. The molecule has 5 atom stereocenters. The van der Waals surface area contributed by atoms with Crippen LogP contribution in [-0.2, 0) is 23.8 Å². The molecule has 6 nitrogen and oxygen atoms in total. The second kappa shape index (κ2) is 7.95. The third-order valence-electron chi connectivity index (χ3n) is 5.88. The molecule has 1 saturated heterocycles. The topological polar surface area (TPSA) is 82.1 Å². The van der Waals surface area contributed by atoms with E-state index in [4.69, 9.17) is 14.2 Å². The van der Waals surface area contributed by atoms with Gasteiger partial charge >= 0.3 is 24.3 Å². The Morgan fingerprint density at radius 2 is 1.68 bits per heavy atom. The fourth-order valence-corrected chi connectivity index (χ4v) is 4.13. The van der Waals surface area contributed by atoms with Gasteiger partial charge in [-0.25, -0.2) is 4.79 Å². The Balaban J connectivity index is 2.31. The molecule has 2 aliphatic rings. The molecule has 0 radical (unpaired) electrons. The molecule has 2 fully saturated rings. The van der Waals surface area contributed by atoms with E-state index in [1.165, 1.54) is 20.8 Å². The molecular weight excluding hydrogens is 438 g/mol. The molecular formula is C19H24F6O6. The van der Waals surface area contributed by atoms with Gasteiger partial charge in [0.05, 0.1) is 11.5 Å². The van der Waals surface area contributed by atoms with Gasteiger partial charge in [-0.3, -0.25) is 4.79 Å². The number of hydrogen-bond acceptors (Lipinski definition) is 6. The van der Waals surface area contributed by atoms with Crippen molar-refractivity contribution in [2.45, 2.75) is 82.4 Å². The van der Waals surface area contributed by atoms with Gasteiger partial charge in [0.15, 0.2) is 0 Å². The summed E-state index contributed by atoms with van der Waals surface area (Å²) >= 11 is 0. The Kier molecular flexibility index (Phi) is 6.52. The smallest absolute Gasteiger partial charge is 0.428 e. The van der Waals surface area contributed by atoms with E-state index in [1.807, 2.05) is 0 Å². The summed E-state index contributed by atoms with van der Waals surface area (Å²) in [4.78, 5) is 24.1. The van der Waals surface area contributed by atoms with E-state index >= 15 is 0 Å². The van der Waals surface area contributed by atoms with Crippen LogP contribution in [0.4, 0.5) is 26.3 Å². The summed E-state index contributed by atoms with van der Waals surface area (Å²) in [6.07, 6.45) is -16.7. The van der Waals surface area contributed by atoms with E-state index in [9.17, 15) is 41.0 Å². The second-order valence-corrected chi connectivity index (χ2v) is 8.51. The highest BCUT2D eigenvalue weighted by molar-refractivity contribution is 5.87. The average Bonchev–Trinajstić information content (AvgIpc) is 2.90. The van der Waals surface area contributed by atoms with Crippen LogP contribution in [0, 0.1) is 11.8 Å². The van der Waals surface area contributed by atoms with Gasteiger partial charge in [-0.2, -0.15) is 26.3 Å². The first kappa shape index (κ1) is 25.4. The number of fused-ring (bicyclic) bond motifs is 2. The largest absolute Gasteiger partial charge is 0.458 e. The fourth-order valence-electron chi connectivity index (χ4n) is 4.13. The highest BCUT2D eigenvalue weighted by Gasteiger charge is 2.74. The minimum atomic E-state index is -6.07. The van der Waals surface area contributed by atoms with Crippen LogP contribution in [0.3, 0.4) is 0 Å². The molecule has 178 valence electrons. The first-order valence-electron chi connectivity index (χ1n) is 9.43. The zero-order chi connectivity index (χ0) is 24.2. The molecule has 1 heterocycles. The Morgan fingerprint density at radius 1 is 1.16 bits per heavy atom. The van der Waals surface area contributed by atoms with Gasteiger partial charge in [-0.15, -0.1) is 0 Å². The lowest BCUT2D eigenvalue weighted by Gasteiger charge is -2.45. The summed E-state index contributed by atoms with van der Waals surface area (Å²) in [5.41, 5.74) is -6.82. The summed E-state index contributed by atoms with van der Waals surface area (Å²) in [7, 11) is 0. The summed E-state index contributed by atoms with van der Waals surface area (Å²) in [5, 5.41) is 9.58. The maximum atomic E-state index is 13.2. The lowest BCUT2D eigenvalue weighted by atomic mass is 9.70. The molecule has 1 aliphatic carbocycles. The van der Waals surface area contributed by atoms with Crippen LogP contribution < -0.4 is 0 Å². The van der Waals surface area contributed by atoms with E-state index < -0.39 is 65.6 Å². The van der Waals surface area contributed by atoms with Crippen LogP contribution in [0.1, 0.15) is 40.5 Å². The predicted octanol–water partition coefficient (Wildman–Crippen LogP) is 3.47. The average molecular weight is 462 g/mol. The Hall–Kier alpha value is -1.82. The van der Waals surface area contributed by atoms with Crippen LogP contribution in [0.15, 0.2) is 12.2 Å². The third-order valence-corrected chi connectivity index (χ3v) is 5.88. The van der Waals surface area contributed by atoms with Crippen molar-refractivity contribution < 1.29 is 55.2 Å². The molecule has 1 saturated carbocycles. The van der Waals surface area contributed by atoms with Crippen molar-refractivity contribution in [1.29, 1.82) is 0 Å². The van der Waals surface area contributed by atoms with Gasteiger partial charge in [0.25, 0.3) is 5.60 Å². The number of carbonyl (C=O) groups is 2. The zero-order valence-corrected chi connectivity index (χ0v) is 17.3. The molecule has 0 aromatic rings. The molecule has 2 rings (SSSR count).